The molecule has 3 rings (SSSR count). The molecule has 1 heterocycles. The molecule has 1 atom stereocenters. The summed E-state index contributed by atoms with van der Waals surface area (Å²) in [6, 6.07) is 17.4. The fourth-order valence-electron chi connectivity index (χ4n) is 2.91. The molecule has 2 heteroatoms. The average molecular weight is 267 g/mol. The van der Waals surface area contributed by atoms with Crippen LogP contribution in [0.5, 0.6) is 5.75 Å². The van der Waals surface area contributed by atoms with E-state index in [0.29, 0.717) is 6.04 Å². The predicted octanol–water partition coefficient (Wildman–Crippen LogP) is 4.18. The van der Waals surface area contributed by atoms with Crippen LogP contribution in [0.3, 0.4) is 0 Å². The summed E-state index contributed by atoms with van der Waals surface area (Å²) in [5.41, 5.74) is 3.72. The maximum absolute atomic E-state index is 6.07. The third-order valence-corrected chi connectivity index (χ3v) is 3.84. The highest BCUT2D eigenvalue weighted by molar-refractivity contribution is 5.72. The fraction of sp³-hybridized carbons (Fsp3) is 0.333. The summed E-state index contributed by atoms with van der Waals surface area (Å²) in [6.45, 7) is 3.95. The van der Waals surface area contributed by atoms with Crippen molar-refractivity contribution in [2.75, 3.05) is 13.2 Å². The molecule has 1 aliphatic rings. The lowest BCUT2D eigenvalue weighted by Gasteiger charge is -2.19. The quantitative estimate of drug-likeness (QED) is 0.901. The summed E-state index contributed by atoms with van der Waals surface area (Å²) in [5.74, 6) is 1.06. The monoisotopic (exact) mass is 267 g/mol. The Bertz CT molecular complexity index is 565. The van der Waals surface area contributed by atoms with Crippen molar-refractivity contribution in [1.82, 2.24) is 5.32 Å². The molecule has 0 bridgehead atoms. The number of ether oxygens (including phenoxy) is 1. The van der Waals surface area contributed by atoms with Crippen LogP contribution in [0.25, 0.3) is 11.1 Å². The molecule has 0 fully saturated rings. The number of rotatable bonds is 3. The van der Waals surface area contributed by atoms with Gasteiger partial charge in [0.05, 0.1) is 6.61 Å². The van der Waals surface area contributed by atoms with Gasteiger partial charge in [-0.2, -0.15) is 0 Å². The van der Waals surface area contributed by atoms with Crippen molar-refractivity contribution in [1.29, 1.82) is 0 Å². The second-order valence-corrected chi connectivity index (χ2v) is 5.19. The van der Waals surface area contributed by atoms with Gasteiger partial charge in [0.2, 0.25) is 0 Å². The number of hydrogen-bond acceptors (Lipinski definition) is 2. The third kappa shape index (κ3) is 2.56. The molecule has 20 heavy (non-hydrogen) atoms. The Labute approximate surface area is 120 Å². The van der Waals surface area contributed by atoms with E-state index in [9.17, 15) is 0 Å². The van der Waals surface area contributed by atoms with Gasteiger partial charge in [-0.15, -0.1) is 0 Å². The molecule has 1 N–H and O–H groups in total. The molecule has 104 valence electrons. The van der Waals surface area contributed by atoms with Crippen molar-refractivity contribution in [3.05, 3.63) is 54.1 Å². The van der Waals surface area contributed by atoms with Crippen molar-refractivity contribution in [3.8, 4) is 16.9 Å². The van der Waals surface area contributed by atoms with E-state index in [0.717, 1.165) is 31.7 Å². The van der Waals surface area contributed by atoms with Crippen LogP contribution in [0.15, 0.2) is 48.5 Å². The Morgan fingerprint density at radius 2 is 1.95 bits per heavy atom. The van der Waals surface area contributed by atoms with Crippen LogP contribution >= 0.6 is 0 Å². The van der Waals surface area contributed by atoms with Crippen molar-refractivity contribution in [2.45, 2.75) is 25.8 Å². The summed E-state index contributed by atoms with van der Waals surface area (Å²) >= 11 is 0. The van der Waals surface area contributed by atoms with Crippen LogP contribution in [0.4, 0.5) is 0 Å². The summed E-state index contributed by atoms with van der Waals surface area (Å²) in [7, 11) is 0. The Morgan fingerprint density at radius 3 is 2.75 bits per heavy atom. The maximum atomic E-state index is 6.07. The molecular formula is C18H21NO. The van der Waals surface area contributed by atoms with Gasteiger partial charge in [-0.3, -0.25) is 0 Å². The molecule has 0 spiro atoms. The molecule has 0 amide bonds. The van der Waals surface area contributed by atoms with Crippen molar-refractivity contribution in [3.63, 3.8) is 0 Å². The molecular weight excluding hydrogens is 246 g/mol. The van der Waals surface area contributed by atoms with Crippen LogP contribution in [-0.4, -0.2) is 13.2 Å². The van der Waals surface area contributed by atoms with E-state index in [1.807, 2.05) is 6.07 Å². The zero-order chi connectivity index (χ0) is 13.8. The lowest BCUT2D eigenvalue weighted by Crippen LogP contribution is -2.20. The van der Waals surface area contributed by atoms with Crippen molar-refractivity contribution < 1.29 is 4.74 Å². The minimum atomic E-state index is 0.404. The molecule has 0 saturated carbocycles. The SMILES string of the molecule is CCNC1CCCOc2c(-c3ccccc3)cccc21. The van der Waals surface area contributed by atoms with Crippen molar-refractivity contribution >= 4 is 0 Å². The maximum Gasteiger partial charge on any atom is 0.131 e. The first-order chi connectivity index (χ1) is 9.90. The largest absolute Gasteiger partial charge is 0.493 e. The first-order valence-electron chi connectivity index (χ1n) is 7.44. The lowest BCUT2D eigenvalue weighted by molar-refractivity contribution is 0.316. The van der Waals surface area contributed by atoms with E-state index in [-0.39, 0.29) is 0 Å². The number of fused-ring (bicyclic) bond motifs is 1. The van der Waals surface area contributed by atoms with E-state index in [1.54, 1.807) is 0 Å². The zero-order valence-electron chi connectivity index (χ0n) is 11.9. The fourth-order valence-corrected chi connectivity index (χ4v) is 2.91. The molecule has 2 aromatic carbocycles. The summed E-state index contributed by atoms with van der Waals surface area (Å²) in [6.07, 6.45) is 2.24. The van der Waals surface area contributed by atoms with Gasteiger partial charge in [-0.05, 0) is 24.9 Å². The Balaban J connectivity index is 2.08. The highest BCUT2D eigenvalue weighted by atomic mass is 16.5. The van der Waals surface area contributed by atoms with Crippen LogP contribution in [0.1, 0.15) is 31.4 Å². The van der Waals surface area contributed by atoms with E-state index in [1.165, 1.54) is 16.7 Å². The highest BCUT2D eigenvalue weighted by Gasteiger charge is 2.21. The van der Waals surface area contributed by atoms with Crippen LogP contribution in [-0.2, 0) is 0 Å². The Morgan fingerprint density at radius 1 is 1.10 bits per heavy atom. The standard InChI is InChI=1S/C18H21NO/c1-2-19-17-12-7-13-20-18-15(10-6-11-16(17)18)14-8-4-3-5-9-14/h3-6,8-11,17,19H,2,7,12-13H2,1H3. The highest BCUT2D eigenvalue weighted by Crippen LogP contribution is 2.39. The lowest BCUT2D eigenvalue weighted by atomic mass is 9.96. The summed E-state index contributed by atoms with van der Waals surface area (Å²) < 4.78 is 6.07. The van der Waals surface area contributed by atoms with Gasteiger partial charge in [-0.25, -0.2) is 0 Å². The number of benzene rings is 2. The zero-order valence-corrected chi connectivity index (χ0v) is 11.9. The topological polar surface area (TPSA) is 21.3 Å². The van der Waals surface area contributed by atoms with Gasteiger partial charge in [-0.1, -0.05) is 55.5 Å². The van der Waals surface area contributed by atoms with Gasteiger partial charge in [0, 0.05) is 17.2 Å². The number of hydrogen-bond donors (Lipinski definition) is 1. The molecule has 2 aromatic rings. The van der Waals surface area contributed by atoms with Gasteiger partial charge in [0.1, 0.15) is 5.75 Å². The molecule has 0 saturated heterocycles. The van der Waals surface area contributed by atoms with Gasteiger partial charge >= 0.3 is 0 Å². The minimum absolute atomic E-state index is 0.404. The van der Waals surface area contributed by atoms with E-state index < -0.39 is 0 Å². The first-order valence-corrected chi connectivity index (χ1v) is 7.44. The van der Waals surface area contributed by atoms with E-state index in [2.05, 4.69) is 54.7 Å². The molecule has 2 nitrogen and oxygen atoms in total. The first kappa shape index (κ1) is 13.2. The van der Waals surface area contributed by atoms with E-state index in [4.69, 9.17) is 4.74 Å². The van der Waals surface area contributed by atoms with Crippen LogP contribution in [0, 0.1) is 0 Å². The molecule has 0 aromatic heterocycles. The minimum Gasteiger partial charge on any atom is -0.493 e. The van der Waals surface area contributed by atoms with Gasteiger partial charge < -0.3 is 10.1 Å². The number of para-hydroxylation sites is 1. The Hall–Kier alpha value is -1.80. The summed E-state index contributed by atoms with van der Waals surface area (Å²) in [5, 5.41) is 3.58. The molecule has 0 radical (unpaired) electrons. The molecule has 0 aliphatic carbocycles. The summed E-state index contributed by atoms with van der Waals surface area (Å²) in [4.78, 5) is 0. The smallest absolute Gasteiger partial charge is 0.131 e. The normalized spacial score (nSPS) is 17.9. The van der Waals surface area contributed by atoms with E-state index >= 15 is 0 Å². The molecule has 1 aliphatic heterocycles. The number of nitrogens with one attached hydrogen (secondary N) is 1. The van der Waals surface area contributed by atoms with Gasteiger partial charge in [0.15, 0.2) is 0 Å². The molecule has 1 unspecified atom stereocenters. The second kappa shape index (κ2) is 6.10. The van der Waals surface area contributed by atoms with Gasteiger partial charge in [0.25, 0.3) is 0 Å². The van der Waals surface area contributed by atoms with Crippen molar-refractivity contribution in [2.24, 2.45) is 0 Å². The van der Waals surface area contributed by atoms with Crippen LogP contribution < -0.4 is 10.1 Å². The van der Waals surface area contributed by atoms with Crippen LogP contribution in [0.2, 0.25) is 0 Å². The second-order valence-electron chi connectivity index (χ2n) is 5.19. The average Bonchev–Trinajstić information content (AvgIpc) is 2.71. The Kier molecular flexibility index (Phi) is 4.03. The third-order valence-electron chi connectivity index (χ3n) is 3.84. The predicted molar refractivity (Wildman–Crippen MR) is 83.0 cm³/mol.